The minimum absolute atomic E-state index is 0.211. The zero-order chi connectivity index (χ0) is 17.5. The minimum atomic E-state index is -0.275. The Hall–Kier alpha value is -1.78. The molecule has 0 saturated carbocycles. The number of hydrogen-bond donors (Lipinski definition) is 1. The molecule has 130 valence electrons. The van der Waals surface area contributed by atoms with Crippen molar-refractivity contribution in [1.29, 1.82) is 0 Å². The molecule has 1 aromatic rings. The Kier molecular flexibility index (Phi) is 6.88. The quantitative estimate of drug-likeness (QED) is 0.764. The molecule has 0 radical (unpaired) electrons. The molecular weight excluding hydrogens is 326 g/mol. The van der Waals surface area contributed by atoms with E-state index in [2.05, 4.69) is 24.4 Å². The summed E-state index contributed by atoms with van der Waals surface area (Å²) in [4.78, 5) is 11.6. The van der Waals surface area contributed by atoms with Gasteiger partial charge in [-0.25, -0.2) is 0 Å². The second-order valence-corrected chi connectivity index (χ2v) is 6.19. The van der Waals surface area contributed by atoms with Gasteiger partial charge in [0.2, 0.25) is 0 Å². The van der Waals surface area contributed by atoms with Gasteiger partial charge in [0.05, 0.1) is 20.6 Å². The van der Waals surface area contributed by atoms with Crippen molar-refractivity contribution in [3.05, 3.63) is 52.3 Å². The van der Waals surface area contributed by atoms with E-state index in [0.29, 0.717) is 10.9 Å². The number of rotatable bonds is 7. The molecule has 2 rings (SSSR count). The summed E-state index contributed by atoms with van der Waals surface area (Å²) in [5.74, 6) is 0.919. The van der Waals surface area contributed by atoms with Gasteiger partial charge in [-0.2, -0.15) is 0 Å². The van der Waals surface area contributed by atoms with E-state index in [1.54, 1.807) is 13.2 Å². The maximum Gasteiger partial charge on any atom is 0.309 e. The Balaban J connectivity index is 2.35. The fraction of sp³-hybridized carbons (Fsp3) is 0.421. The van der Waals surface area contributed by atoms with Gasteiger partial charge in [-0.3, -0.25) is 4.79 Å². The molecule has 0 fully saturated rings. The Labute approximate surface area is 148 Å². The largest absolute Gasteiger partial charge is 0.497 e. The molecule has 0 saturated heterocycles. The lowest BCUT2D eigenvalue weighted by Gasteiger charge is -2.24. The Bertz CT molecular complexity index is 652. The first-order valence-electron chi connectivity index (χ1n) is 8.10. The highest BCUT2D eigenvalue weighted by atomic mass is 35.5. The fourth-order valence-electron chi connectivity index (χ4n) is 2.85. The van der Waals surface area contributed by atoms with Gasteiger partial charge in [-0.15, -0.1) is 0 Å². The van der Waals surface area contributed by atoms with Crippen LogP contribution in [0.4, 0.5) is 0 Å². The predicted octanol–water partition coefficient (Wildman–Crippen LogP) is 3.60. The zero-order valence-corrected chi connectivity index (χ0v) is 15.2. The highest BCUT2D eigenvalue weighted by Gasteiger charge is 2.20. The first kappa shape index (κ1) is 18.6. The molecule has 0 spiro atoms. The topological polar surface area (TPSA) is 47.6 Å². The third-order valence-corrected chi connectivity index (χ3v) is 4.30. The molecule has 1 aliphatic rings. The van der Waals surface area contributed by atoms with E-state index in [-0.39, 0.29) is 12.4 Å². The predicted molar refractivity (Wildman–Crippen MR) is 96.9 cm³/mol. The second kappa shape index (κ2) is 8.90. The van der Waals surface area contributed by atoms with E-state index < -0.39 is 0 Å². The maximum absolute atomic E-state index is 11.6. The number of ether oxygens (including phenoxy) is 2. The van der Waals surface area contributed by atoms with Crippen LogP contribution in [0.25, 0.3) is 5.57 Å². The minimum Gasteiger partial charge on any atom is -0.497 e. The van der Waals surface area contributed by atoms with Crippen LogP contribution in [-0.2, 0) is 20.7 Å². The summed E-state index contributed by atoms with van der Waals surface area (Å²) in [6.07, 6.45) is 5.27. The Morgan fingerprint density at radius 1 is 1.33 bits per heavy atom. The molecule has 0 bridgehead atoms. The standard InChI is InChI=1S/C19H24ClNO3/c1-4-21-12-14-5-6-17(23-2)11-18(14)15-7-13(8-16(20)10-15)9-19(22)24-3/h6-8,10-11,14,21H,4-5,9,12H2,1-3H3. The van der Waals surface area contributed by atoms with Crippen LogP contribution in [-0.4, -0.2) is 33.3 Å². The number of carbonyl (C=O) groups is 1. The van der Waals surface area contributed by atoms with Gasteiger partial charge < -0.3 is 14.8 Å². The first-order valence-corrected chi connectivity index (χ1v) is 8.48. The van der Waals surface area contributed by atoms with Crippen molar-refractivity contribution in [1.82, 2.24) is 5.32 Å². The van der Waals surface area contributed by atoms with Crippen molar-refractivity contribution >= 4 is 23.1 Å². The number of carbonyl (C=O) groups excluding carboxylic acids is 1. The summed E-state index contributed by atoms with van der Waals surface area (Å²) in [6.45, 7) is 3.90. The van der Waals surface area contributed by atoms with Crippen molar-refractivity contribution in [3.8, 4) is 0 Å². The van der Waals surface area contributed by atoms with E-state index in [4.69, 9.17) is 21.1 Å². The zero-order valence-electron chi connectivity index (χ0n) is 14.4. The van der Waals surface area contributed by atoms with E-state index in [1.165, 1.54) is 12.7 Å². The fourth-order valence-corrected chi connectivity index (χ4v) is 3.10. The Morgan fingerprint density at radius 3 is 2.79 bits per heavy atom. The number of methoxy groups -OCH3 is 2. The molecule has 1 atom stereocenters. The van der Waals surface area contributed by atoms with Crippen LogP contribution < -0.4 is 5.32 Å². The number of hydrogen-bond acceptors (Lipinski definition) is 4. The Morgan fingerprint density at radius 2 is 2.12 bits per heavy atom. The molecule has 0 aliphatic heterocycles. The summed E-state index contributed by atoms with van der Waals surface area (Å²) in [7, 11) is 3.06. The molecule has 4 nitrogen and oxygen atoms in total. The highest BCUT2D eigenvalue weighted by molar-refractivity contribution is 6.30. The first-order chi connectivity index (χ1) is 11.6. The normalized spacial score (nSPS) is 17.1. The van der Waals surface area contributed by atoms with Crippen LogP contribution in [0, 0.1) is 5.92 Å². The van der Waals surface area contributed by atoms with Crippen LogP contribution in [0.2, 0.25) is 5.02 Å². The molecule has 1 N–H and O–H groups in total. The van der Waals surface area contributed by atoms with Gasteiger partial charge in [-0.1, -0.05) is 24.6 Å². The van der Waals surface area contributed by atoms with Gasteiger partial charge >= 0.3 is 5.97 Å². The molecule has 0 aromatic heterocycles. The van der Waals surface area contributed by atoms with E-state index in [1.807, 2.05) is 12.1 Å². The van der Waals surface area contributed by atoms with E-state index in [9.17, 15) is 4.79 Å². The van der Waals surface area contributed by atoms with Gasteiger partial charge in [0.15, 0.2) is 0 Å². The van der Waals surface area contributed by atoms with Crippen LogP contribution in [0.1, 0.15) is 24.5 Å². The lowest BCUT2D eigenvalue weighted by molar-refractivity contribution is -0.139. The summed E-state index contributed by atoms with van der Waals surface area (Å²) >= 11 is 6.28. The van der Waals surface area contributed by atoms with Gasteiger partial charge in [0.25, 0.3) is 0 Å². The summed E-state index contributed by atoms with van der Waals surface area (Å²) in [5.41, 5.74) is 3.04. The van der Waals surface area contributed by atoms with Crippen LogP contribution >= 0.6 is 11.6 Å². The molecule has 0 heterocycles. The summed E-state index contributed by atoms with van der Waals surface area (Å²) in [6, 6.07) is 5.75. The van der Waals surface area contributed by atoms with Crippen LogP contribution in [0.5, 0.6) is 0 Å². The van der Waals surface area contributed by atoms with Crippen molar-refractivity contribution in [2.75, 3.05) is 27.3 Å². The number of benzene rings is 1. The van der Waals surface area contributed by atoms with Crippen molar-refractivity contribution in [3.63, 3.8) is 0 Å². The molecule has 5 heteroatoms. The van der Waals surface area contributed by atoms with E-state index in [0.717, 1.165) is 36.4 Å². The average molecular weight is 350 g/mol. The molecule has 1 aliphatic carbocycles. The summed E-state index contributed by atoms with van der Waals surface area (Å²) < 4.78 is 10.1. The number of halogens is 1. The van der Waals surface area contributed by atoms with Crippen LogP contribution in [0.3, 0.4) is 0 Å². The molecular formula is C19H24ClNO3. The number of nitrogens with one attached hydrogen (secondary N) is 1. The number of esters is 1. The van der Waals surface area contributed by atoms with E-state index >= 15 is 0 Å². The van der Waals surface area contributed by atoms with Crippen molar-refractivity contribution in [2.24, 2.45) is 5.92 Å². The lowest BCUT2D eigenvalue weighted by Crippen LogP contribution is -2.24. The highest BCUT2D eigenvalue weighted by Crippen LogP contribution is 2.34. The van der Waals surface area contributed by atoms with Crippen molar-refractivity contribution in [2.45, 2.75) is 19.8 Å². The summed E-state index contributed by atoms with van der Waals surface area (Å²) in [5, 5.41) is 4.02. The van der Waals surface area contributed by atoms with Gasteiger partial charge in [0, 0.05) is 17.5 Å². The van der Waals surface area contributed by atoms with Crippen LogP contribution in [0.15, 0.2) is 36.1 Å². The molecule has 1 aromatic carbocycles. The third-order valence-electron chi connectivity index (χ3n) is 4.08. The monoisotopic (exact) mass is 349 g/mol. The average Bonchev–Trinajstić information content (AvgIpc) is 2.59. The van der Waals surface area contributed by atoms with Gasteiger partial charge in [0.1, 0.15) is 5.76 Å². The number of allylic oxidation sites excluding steroid dienone is 2. The van der Waals surface area contributed by atoms with Crippen molar-refractivity contribution < 1.29 is 14.3 Å². The molecule has 24 heavy (non-hydrogen) atoms. The lowest BCUT2D eigenvalue weighted by atomic mass is 9.85. The molecule has 0 amide bonds. The molecule has 1 unspecified atom stereocenters. The second-order valence-electron chi connectivity index (χ2n) is 5.75. The SMILES string of the molecule is CCNCC1CC=C(OC)C=C1c1cc(Cl)cc(CC(=O)OC)c1. The van der Waals surface area contributed by atoms with Gasteiger partial charge in [-0.05, 0) is 54.0 Å². The third kappa shape index (κ3) is 4.86. The smallest absolute Gasteiger partial charge is 0.309 e. The maximum atomic E-state index is 11.6.